The molecule has 0 aromatic heterocycles. The first-order valence-corrected chi connectivity index (χ1v) is 7.15. The van der Waals surface area contributed by atoms with Crippen molar-refractivity contribution >= 4 is 23.2 Å². The molecule has 8 heteroatoms. The number of hydrogen-bond acceptors (Lipinski definition) is 3. The van der Waals surface area contributed by atoms with Crippen LogP contribution in [0.2, 0.25) is 5.02 Å². The van der Waals surface area contributed by atoms with Gasteiger partial charge in [0.25, 0.3) is 5.91 Å². The van der Waals surface area contributed by atoms with Gasteiger partial charge in [-0.15, -0.1) is 13.2 Å². The topological polar surface area (TPSA) is 47.6 Å². The number of carbonyl (C=O) groups is 1. The number of alkyl halides is 3. The lowest BCUT2D eigenvalue weighted by Crippen LogP contribution is -2.20. The molecule has 0 atom stereocenters. The molecule has 0 radical (unpaired) electrons. The largest absolute Gasteiger partial charge is 0.573 e. The van der Waals surface area contributed by atoms with Crippen LogP contribution in [0.5, 0.6) is 11.5 Å². The van der Waals surface area contributed by atoms with Crippen LogP contribution in [-0.2, 0) is 4.79 Å². The number of amides is 1. The molecule has 0 heterocycles. The van der Waals surface area contributed by atoms with Gasteiger partial charge in [0.1, 0.15) is 11.5 Å². The average molecular weight is 360 g/mol. The minimum Gasteiger partial charge on any atom is -0.482 e. The molecule has 0 unspecified atom stereocenters. The zero-order valence-electron chi connectivity index (χ0n) is 12.5. The van der Waals surface area contributed by atoms with Gasteiger partial charge < -0.3 is 14.8 Å². The average Bonchev–Trinajstić information content (AvgIpc) is 2.49. The van der Waals surface area contributed by atoms with Crippen LogP contribution >= 0.6 is 11.6 Å². The van der Waals surface area contributed by atoms with Gasteiger partial charge in [-0.05, 0) is 48.9 Å². The maximum absolute atomic E-state index is 12.1. The third-order valence-electron chi connectivity index (χ3n) is 2.82. The van der Waals surface area contributed by atoms with Gasteiger partial charge in [-0.3, -0.25) is 4.79 Å². The smallest absolute Gasteiger partial charge is 0.482 e. The molecule has 24 heavy (non-hydrogen) atoms. The van der Waals surface area contributed by atoms with E-state index in [2.05, 4.69) is 10.1 Å². The molecule has 0 saturated heterocycles. The first-order chi connectivity index (χ1) is 11.2. The number of ether oxygens (including phenoxy) is 2. The summed E-state index contributed by atoms with van der Waals surface area (Å²) in [5.41, 5.74) is 1.24. The Bertz CT molecular complexity index is 717. The zero-order valence-corrected chi connectivity index (χ0v) is 13.2. The van der Waals surface area contributed by atoms with E-state index >= 15 is 0 Å². The predicted octanol–water partition coefficient (Wildman–Crippen LogP) is 4.56. The number of hydrogen-bond donors (Lipinski definition) is 1. The summed E-state index contributed by atoms with van der Waals surface area (Å²) in [6.45, 7) is 1.57. The van der Waals surface area contributed by atoms with Crippen molar-refractivity contribution in [2.45, 2.75) is 13.3 Å². The third-order valence-corrected chi connectivity index (χ3v) is 3.13. The fourth-order valence-electron chi connectivity index (χ4n) is 1.80. The monoisotopic (exact) mass is 359 g/mol. The first kappa shape index (κ1) is 17.9. The van der Waals surface area contributed by atoms with Crippen molar-refractivity contribution in [3.8, 4) is 11.5 Å². The molecule has 0 fully saturated rings. The SMILES string of the molecule is Cc1ccc(Cl)c(OCC(=O)Nc2ccc(OC(F)(F)F)cc2)c1. The molecule has 0 aliphatic carbocycles. The quantitative estimate of drug-likeness (QED) is 0.851. The molecule has 0 aliphatic rings. The van der Waals surface area contributed by atoms with E-state index in [9.17, 15) is 18.0 Å². The molecule has 0 spiro atoms. The number of anilines is 1. The molecule has 0 bridgehead atoms. The minimum absolute atomic E-state index is 0.288. The maximum atomic E-state index is 12.1. The highest BCUT2D eigenvalue weighted by molar-refractivity contribution is 6.32. The van der Waals surface area contributed by atoms with Gasteiger partial charge in [-0.1, -0.05) is 17.7 Å². The zero-order chi connectivity index (χ0) is 17.7. The molecule has 2 rings (SSSR count). The second kappa shape index (κ2) is 7.44. The Balaban J connectivity index is 1.89. The molecule has 128 valence electrons. The van der Waals surface area contributed by atoms with Gasteiger partial charge in [0.05, 0.1) is 5.02 Å². The molecular formula is C16H13ClF3NO3. The van der Waals surface area contributed by atoms with Gasteiger partial charge >= 0.3 is 6.36 Å². The van der Waals surface area contributed by atoms with Crippen LogP contribution in [0.3, 0.4) is 0 Å². The summed E-state index contributed by atoms with van der Waals surface area (Å²) in [5.74, 6) is -0.471. The number of carbonyl (C=O) groups excluding carboxylic acids is 1. The van der Waals surface area contributed by atoms with E-state index in [1.165, 1.54) is 12.1 Å². The van der Waals surface area contributed by atoms with Crippen LogP contribution < -0.4 is 14.8 Å². The molecule has 0 saturated carbocycles. The van der Waals surface area contributed by atoms with E-state index in [0.29, 0.717) is 16.5 Å². The lowest BCUT2D eigenvalue weighted by Gasteiger charge is -2.11. The fourth-order valence-corrected chi connectivity index (χ4v) is 1.97. The maximum Gasteiger partial charge on any atom is 0.573 e. The Morgan fingerprint density at radius 2 is 1.83 bits per heavy atom. The standard InChI is InChI=1S/C16H13ClF3NO3/c1-10-2-7-13(17)14(8-10)23-9-15(22)21-11-3-5-12(6-4-11)24-16(18,19)20/h2-8H,9H2,1H3,(H,21,22). The highest BCUT2D eigenvalue weighted by atomic mass is 35.5. The van der Waals surface area contributed by atoms with E-state index in [0.717, 1.165) is 17.7 Å². The fraction of sp³-hybridized carbons (Fsp3) is 0.188. The van der Waals surface area contributed by atoms with Gasteiger partial charge in [-0.25, -0.2) is 0 Å². The van der Waals surface area contributed by atoms with E-state index in [1.54, 1.807) is 18.2 Å². The lowest BCUT2D eigenvalue weighted by molar-refractivity contribution is -0.274. The van der Waals surface area contributed by atoms with Crippen molar-refractivity contribution in [1.82, 2.24) is 0 Å². The number of aryl methyl sites for hydroxylation is 1. The summed E-state index contributed by atoms with van der Waals surface area (Å²) in [4.78, 5) is 11.8. The first-order valence-electron chi connectivity index (χ1n) is 6.77. The van der Waals surface area contributed by atoms with Crippen molar-refractivity contribution in [3.05, 3.63) is 53.1 Å². The van der Waals surface area contributed by atoms with E-state index < -0.39 is 12.3 Å². The lowest BCUT2D eigenvalue weighted by atomic mass is 10.2. The third kappa shape index (κ3) is 5.66. The number of benzene rings is 2. The Hall–Kier alpha value is -2.41. The van der Waals surface area contributed by atoms with Crippen molar-refractivity contribution < 1.29 is 27.4 Å². The Morgan fingerprint density at radius 1 is 1.17 bits per heavy atom. The van der Waals surface area contributed by atoms with Crippen molar-refractivity contribution in [3.63, 3.8) is 0 Å². The van der Waals surface area contributed by atoms with Crippen molar-refractivity contribution in [2.24, 2.45) is 0 Å². The van der Waals surface area contributed by atoms with Crippen molar-refractivity contribution in [1.29, 1.82) is 0 Å². The molecule has 2 aromatic carbocycles. The number of halogens is 4. The molecule has 4 nitrogen and oxygen atoms in total. The van der Waals surface area contributed by atoms with E-state index in [-0.39, 0.29) is 12.4 Å². The summed E-state index contributed by atoms with van der Waals surface area (Å²) in [7, 11) is 0. The summed E-state index contributed by atoms with van der Waals surface area (Å²) in [6.07, 6.45) is -4.76. The molecular weight excluding hydrogens is 347 g/mol. The van der Waals surface area contributed by atoms with Crippen LogP contribution in [-0.4, -0.2) is 18.9 Å². The summed E-state index contributed by atoms with van der Waals surface area (Å²) >= 11 is 5.95. The predicted molar refractivity (Wildman–Crippen MR) is 83.4 cm³/mol. The normalized spacial score (nSPS) is 11.0. The van der Waals surface area contributed by atoms with Crippen LogP contribution in [0.1, 0.15) is 5.56 Å². The number of rotatable bonds is 5. The molecule has 1 N–H and O–H groups in total. The summed E-state index contributed by atoms with van der Waals surface area (Å²) in [6, 6.07) is 9.93. The Kier molecular flexibility index (Phi) is 5.56. The van der Waals surface area contributed by atoms with Crippen LogP contribution in [0.25, 0.3) is 0 Å². The van der Waals surface area contributed by atoms with Crippen LogP contribution in [0.4, 0.5) is 18.9 Å². The minimum atomic E-state index is -4.76. The van der Waals surface area contributed by atoms with Crippen molar-refractivity contribution in [2.75, 3.05) is 11.9 Å². The van der Waals surface area contributed by atoms with E-state index in [4.69, 9.17) is 16.3 Å². The molecule has 2 aromatic rings. The highest BCUT2D eigenvalue weighted by Gasteiger charge is 2.30. The van der Waals surface area contributed by atoms with Gasteiger partial charge in [0.2, 0.25) is 0 Å². The second-order valence-corrected chi connectivity index (χ2v) is 5.25. The van der Waals surface area contributed by atoms with Gasteiger partial charge in [0.15, 0.2) is 6.61 Å². The molecule has 1 amide bonds. The summed E-state index contributed by atoms with van der Waals surface area (Å²) in [5, 5.41) is 2.87. The molecule has 0 aliphatic heterocycles. The number of nitrogens with one attached hydrogen (secondary N) is 1. The van der Waals surface area contributed by atoms with E-state index in [1.807, 2.05) is 6.92 Å². The van der Waals surface area contributed by atoms with Crippen LogP contribution in [0, 0.1) is 6.92 Å². The van der Waals surface area contributed by atoms with Gasteiger partial charge in [0, 0.05) is 5.69 Å². The second-order valence-electron chi connectivity index (χ2n) is 4.84. The van der Waals surface area contributed by atoms with Crippen LogP contribution in [0.15, 0.2) is 42.5 Å². The Labute approximate surface area is 141 Å². The Morgan fingerprint density at radius 3 is 2.46 bits per heavy atom. The summed E-state index contributed by atoms with van der Waals surface area (Å²) < 4.78 is 45.2. The van der Waals surface area contributed by atoms with Gasteiger partial charge in [-0.2, -0.15) is 0 Å². The highest BCUT2D eigenvalue weighted by Crippen LogP contribution is 2.26.